The summed E-state index contributed by atoms with van der Waals surface area (Å²) in [5.74, 6) is -0.647. The number of rotatable bonds is 7. The van der Waals surface area contributed by atoms with E-state index in [9.17, 15) is 14.0 Å². The van der Waals surface area contributed by atoms with Gasteiger partial charge in [0.15, 0.2) is 0 Å². The molecule has 168 valence electrons. The molecule has 1 saturated heterocycles. The Hall–Kier alpha value is -2.15. The topological polar surface area (TPSA) is 59.1 Å². The van der Waals surface area contributed by atoms with Gasteiger partial charge in [-0.3, -0.25) is 9.69 Å². The van der Waals surface area contributed by atoms with Gasteiger partial charge in [0, 0.05) is 31.2 Å². The fourth-order valence-corrected chi connectivity index (χ4v) is 4.14. The van der Waals surface area contributed by atoms with Crippen LogP contribution < -0.4 is 0 Å². The number of piperazine rings is 1. The predicted octanol–water partition coefficient (Wildman–Crippen LogP) is 4.54. The lowest BCUT2D eigenvalue weighted by Gasteiger charge is -2.47. The van der Waals surface area contributed by atoms with E-state index in [0.717, 1.165) is 18.4 Å². The minimum absolute atomic E-state index is 0.0113. The highest BCUT2D eigenvalue weighted by atomic mass is 19.1. The van der Waals surface area contributed by atoms with E-state index in [0.29, 0.717) is 13.1 Å². The van der Waals surface area contributed by atoms with Crippen LogP contribution in [0.5, 0.6) is 0 Å². The van der Waals surface area contributed by atoms with E-state index in [1.807, 2.05) is 27.7 Å². The number of hydrogen-bond acceptors (Lipinski definition) is 5. The van der Waals surface area contributed by atoms with Gasteiger partial charge in [0.05, 0.1) is 13.5 Å². The number of benzene rings is 1. The molecule has 1 aromatic carbocycles. The van der Waals surface area contributed by atoms with Crippen molar-refractivity contribution < 1.29 is 23.5 Å². The van der Waals surface area contributed by atoms with Crippen molar-refractivity contribution in [3.8, 4) is 0 Å². The summed E-state index contributed by atoms with van der Waals surface area (Å²) in [7, 11) is 1.36. The maximum atomic E-state index is 13.4. The molecular weight excluding hydrogens is 387 g/mol. The minimum Gasteiger partial charge on any atom is -0.469 e. The van der Waals surface area contributed by atoms with Crippen LogP contribution in [0.25, 0.3) is 0 Å². The van der Waals surface area contributed by atoms with Gasteiger partial charge in [-0.15, -0.1) is 0 Å². The third kappa shape index (κ3) is 6.17. The molecule has 0 aliphatic carbocycles. The molecule has 3 atom stereocenters. The molecular formula is C23H35FN2O4. The van der Waals surface area contributed by atoms with Crippen LogP contribution in [0.4, 0.5) is 9.18 Å². The SMILES string of the molecule is CCCC(C)(C)OC(=O)N1C[C@@H](C)N(C(CC(=O)OC)c2ccc(F)cc2)C[C@@H]1C. The van der Waals surface area contributed by atoms with Gasteiger partial charge < -0.3 is 14.4 Å². The van der Waals surface area contributed by atoms with Gasteiger partial charge >= 0.3 is 12.1 Å². The molecule has 30 heavy (non-hydrogen) atoms. The summed E-state index contributed by atoms with van der Waals surface area (Å²) >= 11 is 0. The van der Waals surface area contributed by atoms with Crippen molar-refractivity contribution >= 4 is 12.1 Å². The predicted molar refractivity (Wildman–Crippen MR) is 114 cm³/mol. The first-order valence-corrected chi connectivity index (χ1v) is 10.7. The molecule has 0 bridgehead atoms. The van der Waals surface area contributed by atoms with Crippen molar-refractivity contribution in [1.29, 1.82) is 0 Å². The van der Waals surface area contributed by atoms with Crippen molar-refractivity contribution in [2.75, 3.05) is 20.2 Å². The Morgan fingerprint density at radius 2 is 1.80 bits per heavy atom. The zero-order chi connectivity index (χ0) is 22.5. The average molecular weight is 423 g/mol. The van der Waals surface area contributed by atoms with Crippen LogP contribution in [0.15, 0.2) is 24.3 Å². The van der Waals surface area contributed by atoms with Crippen LogP contribution in [0.1, 0.15) is 65.5 Å². The molecule has 1 fully saturated rings. The number of carbonyl (C=O) groups excluding carboxylic acids is 2. The molecule has 0 radical (unpaired) electrons. The van der Waals surface area contributed by atoms with E-state index in [1.165, 1.54) is 19.2 Å². The second-order valence-electron chi connectivity index (χ2n) is 8.77. The normalized spacial score (nSPS) is 21.2. The molecule has 1 heterocycles. The largest absolute Gasteiger partial charge is 0.469 e. The number of hydrogen-bond donors (Lipinski definition) is 0. The quantitative estimate of drug-likeness (QED) is 0.604. The Bertz CT molecular complexity index is 722. The monoisotopic (exact) mass is 422 g/mol. The Kier molecular flexibility index (Phi) is 8.24. The molecule has 1 amide bonds. The molecule has 1 aliphatic heterocycles. The van der Waals surface area contributed by atoms with Crippen LogP contribution in [-0.2, 0) is 14.3 Å². The van der Waals surface area contributed by atoms with Gasteiger partial charge in [-0.05, 0) is 51.8 Å². The molecule has 1 aliphatic rings. The van der Waals surface area contributed by atoms with Crippen molar-refractivity contribution in [3.05, 3.63) is 35.6 Å². The molecule has 0 spiro atoms. The molecule has 7 heteroatoms. The lowest BCUT2D eigenvalue weighted by molar-refractivity contribution is -0.143. The van der Waals surface area contributed by atoms with Crippen LogP contribution in [0.2, 0.25) is 0 Å². The van der Waals surface area contributed by atoms with Crippen molar-refractivity contribution in [2.45, 2.75) is 77.6 Å². The highest BCUT2D eigenvalue weighted by molar-refractivity contribution is 5.70. The number of ether oxygens (including phenoxy) is 2. The lowest BCUT2D eigenvalue weighted by Crippen LogP contribution is -2.59. The summed E-state index contributed by atoms with van der Waals surface area (Å²) in [6, 6.07) is 5.84. The number of amides is 1. The fourth-order valence-electron chi connectivity index (χ4n) is 4.14. The molecule has 6 nitrogen and oxygen atoms in total. The van der Waals surface area contributed by atoms with Crippen LogP contribution >= 0.6 is 0 Å². The molecule has 1 unspecified atom stereocenters. The summed E-state index contributed by atoms with van der Waals surface area (Å²) in [5.41, 5.74) is 0.342. The smallest absolute Gasteiger partial charge is 0.410 e. The van der Waals surface area contributed by atoms with E-state index in [-0.39, 0.29) is 42.4 Å². The molecule has 0 aromatic heterocycles. The Balaban J connectivity index is 2.18. The second-order valence-corrected chi connectivity index (χ2v) is 8.77. The fraction of sp³-hybridized carbons (Fsp3) is 0.652. The Morgan fingerprint density at radius 3 is 2.37 bits per heavy atom. The van der Waals surface area contributed by atoms with Crippen LogP contribution in [0.3, 0.4) is 0 Å². The summed E-state index contributed by atoms with van der Waals surface area (Å²) in [4.78, 5) is 28.9. The zero-order valence-corrected chi connectivity index (χ0v) is 19.0. The first-order valence-electron chi connectivity index (χ1n) is 10.7. The summed E-state index contributed by atoms with van der Waals surface area (Å²) in [5, 5.41) is 0. The summed E-state index contributed by atoms with van der Waals surface area (Å²) in [6.07, 6.45) is 1.59. The van der Waals surface area contributed by atoms with Gasteiger partial charge in [-0.25, -0.2) is 9.18 Å². The summed E-state index contributed by atoms with van der Waals surface area (Å²) < 4.78 is 24.1. The molecule has 2 rings (SSSR count). The van der Waals surface area contributed by atoms with Crippen molar-refractivity contribution in [3.63, 3.8) is 0 Å². The highest BCUT2D eigenvalue weighted by Gasteiger charge is 2.38. The minimum atomic E-state index is -0.506. The number of esters is 1. The lowest BCUT2D eigenvalue weighted by atomic mass is 9.97. The van der Waals surface area contributed by atoms with E-state index in [1.54, 1.807) is 17.0 Å². The number of methoxy groups -OCH3 is 1. The molecule has 0 N–H and O–H groups in total. The number of halogens is 1. The van der Waals surface area contributed by atoms with Crippen molar-refractivity contribution in [1.82, 2.24) is 9.80 Å². The van der Waals surface area contributed by atoms with Gasteiger partial charge in [-0.2, -0.15) is 0 Å². The van der Waals surface area contributed by atoms with Crippen LogP contribution in [0, 0.1) is 5.82 Å². The molecule has 1 aromatic rings. The average Bonchev–Trinajstić information content (AvgIpc) is 2.67. The van der Waals surface area contributed by atoms with Crippen LogP contribution in [-0.4, -0.2) is 59.7 Å². The summed E-state index contributed by atoms with van der Waals surface area (Å²) in [6.45, 7) is 11.0. The first kappa shape index (κ1) is 24.1. The first-order chi connectivity index (χ1) is 14.1. The van der Waals surface area contributed by atoms with Crippen molar-refractivity contribution in [2.24, 2.45) is 0 Å². The van der Waals surface area contributed by atoms with E-state index < -0.39 is 5.60 Å². The second kappa shape index (κ2) is 10.2. The number of nitrogens with zero attached hydrogens (tertiary/aromatic N) is 2. The van der Waals surface area contributed by atoms with Gasteiger partial charge in [0.2, 0.25) is 0 Å². The standard InChI is InChI=1S/C23H35FN2O4/c1-7-12-23(4,5)30-22(28)26-15-16(2)25(14-17(26)3)20(13-21(27)29-6)18-8-10-19(24)11-9-18/h8-11,16-17,20H,7,12-15H2,1-6H3/t16-,17+,20?/m1/s1. The van der Waals surface area contributed by atoms with E-state index >= 15 is 0 Å². The van der Waals surface area contributed by atoms with E-state index in [2.05, 4.69) is 11.8 Å². The number of carbonyl (C=O) groups is 2. The van der Waals surface area contributed by atoms with Gasteiger partial charge in [0.25, 0.3) is 0 Å². The zero-order valence-electron chi connectivity index (χ0n) is 19.0. The highest BCUT2D eigenvalue weighted by Crippen LogP contribution is 2.31. The maximum absolute atomic E-state index is 13.4. The Labute approximate surface area is 179 Å². The Morgan fingerprint density at radius 1 is 1.17 bits per heavy atom. The van der Waals surface area contributed by atoms with E-state index in [4.69, 9.17) is 9.47 Å². The maximum Gasteiger partial charge on any atom is 0.410 e. The van der Waals surface area contributed by atoms with Gasteiger partial charge in [-0.1, -0.05) is 25.5 Å². The third-order valence-electron chi connectivity index (χ3n) is 5.73. The third-order valence-corrected chi connectivity index (χ3v) is 5.73. The van der Waals surface area contributed by atoms with Gasteiger partial charge in [0.1, 0.15) is 11.4 Å². The molecule has 0 saturated carbocycles.